The van der Waals surface area contributed by atoms with Crippen molar-refractivity contribution in [3.63, 3.8) is 0 Å². The number of nitrogens with zero attached hydrogens (tertiary/aromatic N) is 8. The topological polar surface area (TPSA) is 91.1 Å². The zero-order chi connectivity index (χ0) is 30.3. The van der Waals surface area contributed by atoms with Gasteiger partial charge < -0.3 is 19.3 Å². The summed E-state index contributed by atoms with van der Waals surface area (Å²) < 4.78 is 4.34. The number of aromatic amines is 1. The van der Waals surface area contributed by atoms with Crippen molar-refractivity contribution >= 4 is 40.2 Å². The number of aromatic nitrogens is 6. The highest BCUT2D eigenvalue weighted by Gasteiger charge is 2.55. The van der Waals surface area contributed by atoms with Crippen molar-refractivity contribution in [2.75, 3.05) is 42.5 Å². The zero-order valence-electron chi connectivity index (χ0n) is 25.7. The number of anilines is 2. The van der Waals surface area contributed by atoms with Crippen LogP contribution in [0.2, 0.25) is 5.02 Å². The van der Waals surface area contributed by atoms with Crippen LogP contribution in [-0.4, -0.2) is 78.6 Å². The molecule has 3 aliphatic rings. The number of carbonyl (C=O) groups excluding carboxylic acids is 1. The van der Waals surface area contributed by atoms with Crippen LogP contribution >= 0.6 is 11.6 Å². The van der Waals surface area contributed by atoms with Crippen LogP contribution in [-0.2, 0) is 11.8 Å². The molecule has 1 aliphatic carbocycles. The molecule has 1 amide bonds. The molecule has 0 radical (unpaired) electrons. The average Bonchev–Trinajstić information content (AvgIpc) is 3.67. The Kier molecular flexibility index (Phi) is 6.43. The van der Waals surface area contributed by atoms with Crippen molar-refractivity contribution in [2.45, 2.75) is 58.5 Å². The first-order chi connectivity index (χ1) is 20.6. The maximum atomic E-state index is 12.1. The normalized spacial score (nSPS) is 21.9. The van der Waals surface area contributed by atoms with E-state index >= 15 is 0 Å². The van der Waals surface area contributed by atoms with Crippen LogP contribution in [0.15, 0.2) is 37.3 Å². The third-order valence-electron chi connectivity index (χ3n) is 10.3. The Labute approximate surface area is 257 Å². The van der Waals surface area contributed by atoms with E-state index in [9.17, 15) is 4.79 Å². The van der Waals surface area contributed by atoms with E-state index in [1.165, 1.54) is 6.08 Å². The minimum absolute atomic E-state index is 0.0238. The lowest BCUT2D eigenvalue weighted by Gasteiger charge is -2.58. The molecule has 2 aliphatic heterocycles. The summed E-state index contributed by atoms with van der Waals surface area (Å²) in [5.41, 5.74) is 5.18. The average molecular weight is 602 g/mol. The Balaban J connectivity index is 1.31. The van der Waals surface area contributed by atoms with Gasteiger partial charge in [-0.2, -0.15) is 10.2 Å². The van der Waals surface area contributed by atoms with Crippen LogP contribution in [0.3, 0.4) is 0 Å². The van der Waals surface area contributed by atoms with Crippen molar-refractivity contribution < 1.29 is 4.79 Å². The summed E-state index contributed by atoms with van der Waals surface area (Å²) in [6.07, 6.45) is 10.1. The number of halogens is 1. The fourth-order valence-corrected chi connectivity index (χ4v) is 8.02. The smallest absolute Gasteiger partial charge is 0.245 e. The van der Waals surface area contributed by atoms with Gasteiger partial charge in [0.15, 0.2) is 5.82 Å². The molecular weight excluding hydrogens is 562 g/mol. The molecule has 0 unspecified atom stereocenters. The van der Waals surface area contributed by atoms with E-state index in [1.807, 2.05) is 23.5 Å². The molecule has 7 rings (SSSR count). The van der Waals surface area contributed by atoms with Gasteiger partial charge in [-0.1, -0.05) is 25.1 Å². The second-order valence-electron chi connectivity index (χ2n) is 13.2. The van der Waals surface area contributed by atoms with Gasteiger partial charge in [0.2, 0.25) is 11.9 Å². The largest absolute Gasteiger partial charge is 0.346 e. The summed E-state index contributed by atoms with van der Waals surface area (Å²) in [5.74, 6) is 2.00. The lowest BCUT2D eigenvalue weighted by molar-refractivity contribution is -0.149. The van der Waals surface area contributed by atoms with E-state index in [2.05, 4.69) is 81.6 Å². The second kappa shape index (κ2) is 9.87. The number of nitrogens with one attached hydrogen (secondary N) is 1. The molecular formula is C32H40ClN9O. The number of imidazole rings is 1. The number of hydrogen-bond donors (Lipinski definition) is 1. The van der Waals surface area contributed by atoms with Gasteiger partial charge in [0.05, 0.1) is 28.3 Å². The van der Waals surface area contributed by atoms with E-state index in [4.69, 9.17) is 16.7 Å². The quantitative estimate of drug-likeness (QED) is 0.303. The molecule has 3 fully saturated rings. The van der Waals surface area contributed by atoms with Gasteiger partial charge in [0.25, 0.3) is 0 Å². The van der Waals surface area contributed by atoms with Crippen molar-refractivity contribution in [2.24, 2.45) is 12.5 Å². The van der Waals surface area contributed by atoms with Crippen LogP contribution in [0.4, 0.5) is 11.8 Å². The van der Waals surface area contributed by atoms with Crippen molar-refractivity contribution in [3.05, 3.63) is 53.6 Å². The number of hydrogen-bond acceptors (Lipinski definition) is 6. The molecule has 43 heavy (non-hydrogen) atoms. The molecule has 11 heteroatoms. The number of carbonyl (C=O) groups is 1. The number of rotatable bonds is 6. The Morgan fingerprint density at radius 2 is 1.98 bits per heavy atom. The number of amides is 1. The summed E-state index contributed by atoms with van der Waals surface area (Å²) in [4.78, 5) is 23.6. The first-order valence-electron chi connectivity index (χ1n) is 15.2. The van der Waals surface area contributed by atoms with Crippen molar-refractivity contribution in [1.29, 1.82) is 0 Å². The molecule has 0 bridgehead atoms. The number of piperazine rings is 1. The van der Waals surface area contributed by atoms with Gasteiger partial charge in [-0.05, 0) is 57.7 Å². The highest BCUT2D eigenvalue weighted by Crippen LogP contribution is 2.56. The van der Waals surface area contributed by atoms with Crippen molar-refractivity contribution in [3.8, 4) is 11.1 Å². The molecule has 1 atom stereocenters. The fraction of sp³-hybridized carbons (Fsp3) is 0.500. The van der Waals surface area contributed by atoms with Gasteiger partial charge in [-0.3, -0.25) is 14.6 Å². The van der Waals surface area contributed by atoms with E-state index in [-0.39, 0.29) is 22.9 Å². The Morgan fingerprint density at radius 1 is 1.21 bits per heavy atom. The molecule has 1 aromatic carbocycles. The third kappa shape index (κ3) is 4.20. The molecule has 1 N–H and O–H groups in total. The SMILES string of the molecule is C=CC(=O)N1CC2(CC(n3nc(N4CCN(c5nccn5C)C[C@]4(C)CC)c(-c4c(Cl)c(C)cc5[nH]ncc45)c3C)C2)C1. The standard InChI is InChI=1S/C32H40ClN9O/c1-7-25(43)40-18-32(19-40)14-22(15-32)42-21(4)26(27-23-16-35-36-24(23)13-20(3)28(27)33)29(37-42)41-12-11-39(17-31(41,5)8-2)30-34-9-10-38(30)6/h7,9-10,13,16,22H,1,8,11-12,14-15,17-19H2,2-6H3,(H,35,36)/t31-/m0/s1. The molecule has 10 nitrogen and oxygen atoms in total. The van der Waals surface area contributed by atoms with Crippen molar-refractivity contribution in [1.82, 2.24) is 34.4 Å². The minimum atomic E-state index is -0.184. The number of aryl methyl sites for hydroxylation is 2. The van der Waals surface area contributed by atoms with Crippen LogP contribution in [0.5, 0.6) is 0 Å². The summed E-state index contributed by atoms with van der Waals surface area (Å²) in [5, 5.41) is 14.8. The van der Waals surface area contributed by atoms with Gasteiger partial charge in [0.1, 0.15) is 0 Å². The Morgan fingerprint density at radius 3 is 2.65 bits per heavy atom. The number of H-pyrrole nitrogens is 1. The monoisotopic (exact) mass is 601 g/mol. The van der Waals surface area contributed by atoms with Gasteiger partial charge in [-0.15, -0.1) is 0 Å². The highest BCUT2D eigenvalue weighted by molar-refractivity contribution is 6.36. The van der Waals surface area contributed by atoms with Gasteiger partial charge in [-0.25, -0.2) is 4.98 Å². The van der Waals surface area contributed by atoms with Crippen LogP contribution in [0.25, 0.3) is 22.0 Å². The van der Waals surface area contributed by atoms with E-state index < -0.39 is 0 Å². The molecule has 1 saturated carbocycles. The lowest BCUT2D eigenvalue weighted by atomic mass is 9.60. The predicted molar refractivity (Wildman–Crippen MR) is 171 cm³/mol. The Hall–Kier alpha value is -3.79. The highest BCUT2D eigenvalue weighted by atomic mass is 35.5. The first kappa shape index (κ1) is 28.0. The number of benzene rings is 1. The van der Waals surface area contributed by atoms with E-state index in [0.717, 1.165) is 102 Å². The second-order valence-corrected chi connectivity index (χ2v) is 13.5. The summed E-state index contributed by atoms with van der Waals surface area (Å²) in [7, 11) is 2.05. The zero-order valence-corrected chi connectivity index (χ0v) is 26.4. The molecule has 226 valence electrons. The van der Waals surface area contributed by atoms with Crippen LogP contribution < -0.4 is 9.80 Å². The third-order valence-corrected chi connectivity index (χ3v) is 10.8. The lowest BCUT2D eigenvalue weighted by Crippen LogP contribution is -2.63. The number of likely N-dealkylation sites (tertiary alicyclic amines) is 1. The summed E-state index contributed by atoms with van der Waals surface area (Å²) in [6, 6.07) is 2.34. The molecule has 4 aromatic rings. The maximum absolute atomic E-state index is 12.1. The Bertz CT molecular complexity index is 1740. The number of fused-ring (bicyclic) bond motifs is 1. The fourth-order valence-electron chi connectivity index (χ4n) is 7.77. The summed E-state index contributed by atoms with van der Waals surface area (Å²) >= 11 is 7.17. The van der Waals surface area contributed by atoms with Crippen LogP contribution in [0, 0.1) is 19.3 Å². The maximum Gasteiger partial charge on any atom is 0.245 e. The van der Waals surface area contributed by atoms with E-state index in [0.29, 0.717) is 0 Å². The summed E-state index contributed by atoms with van der Waals surface area (Å²) in [6.45, 7) is 16.6. The predicted octanol–water partition coefficient (Wildman–Crippen LogP) is 5.27. The molecule has 1 spiro atoms. The van der Waals surface area contributed by atoms with Gasteiger partial charge in [0, 0.05) is 79.8 Å². The van der Waals surface area contributed by atoms with Gasteiger partial charge >= 0.3 is 0 Å². The first-order valence-corrected chi connectivity index (χ1v) is 15.6. The molecule has 3 aromatic heterocycles. The minimum Gasteiger partial charge on any atom is -0.346 e. The molecule has 5 heterocycles. The van der Waals surface area contributed by atoms with Crippen LogP contribution in [0.1, 0.15) is 50.4 Å². The molecule has 2 saturated heterocycles. The van der Waals surface area contributed by atoms with E-state index in [1.54, 1.807) is 0 Å².